The summed E-state index contributed by atoms with van der Waals surface area (Å²) in [5.74, 6) is 2.60. The second-order valence-electron chi connectivity index (χ2n) is 6.78. The van der Waals surface area contributed by atoms with E-state index < -0.39 is 0 Å². The van der Waals surface area contributed by atoms with Gasteiger partial charge >= 0.3 is 0 Å². The summed E-state index contributed by atoms with van der Waals surface area (Å²) in [5, 5.41) is 0. The molecule has 118 valence electrons. The maximum Gasteiger partial charge on any atom is 0.121 e. The number of nitrogens with one attached hydrogen (secondary N) is 1. The van der Waals surface area contributed by atoms with E-state index in [0.29, 0.717) is 5.92 Å². The molecule has 1 aliphatic heterocycles. The van der Waals surface area contributed by atoms with Gasteiger partial charge in [-0.05, 0) is 37.9 Å². The van der Waals surface area contributed by atoms with Gasteiger partial charge in [-0.2, -0.15) is 0 Å². The molecule has 1 aromatic heterocycles. The van der Waals surface area contributed by atoms with Crippen molar-refractivity contribution >= 4 is 11.0 Å². The molecule has 2 aromatic rings. The molecule has 1 saturated carbocycles. The third-order valence-electron chi connectivity index (χ3n) is 5.40. The maximum absolute atomic E-state index is 5.30. The molecule has 1 aliphatic carbocycles. The molecule has 0 spiro atoms. The van der Waals surface area contributed by atoms with Crippen LogP contribution in [0.5, 0.6) is 5.75 Å². The Hall–Kier alpha value is -1.55. The van der Waals surface area contributed by atoms with Crippen LogP contribution in [0.1, 0.15) is 50.3 Å². The van der Waals surface area contributed by atoms with Crippen LogP contribution in [0.25, 0.3) is 11.0 Å². The Balaban J connectivity index is 1.50. The normalized spacial score (nSPS) is 24.1. The number of fused-ring (bicyclic) bond motifs is 1. The predicted octanol–water partition coefficient (Wildman–Crippen LogP) is 3.69. The van der Waals surface area contributed by atoms with Gasteiger partial charge in [0.25, 0.3) is 0 Å². The van der Waals surface area contributed by atoms with Gasteiger partial charge in [0.1, 0.15) is 11.6 Å². The standard InChI is InChI=1S/C18H25N3O/c1-22-15-7-8-16-17(11-15)20-18(19-16)13-9-10-21(12-13)14-5-3-2-4-6-14/h7-8,11,13-14H,2-6,9-10,12H2,1H3,(H,19,20). The molecule has 0 radical (unpaired) electrons. The predicted molar refractivity (Wildman–Crippen MR) is 88.4 cm³/mol. The van der Waals surface area contributed by atoms with Gasteiger partial charge in [0.2, 0.25) is 0 Å². The minimum Gasteiger partial charge on any atom is -0.497 e. The summed E-state index contributed by atoms with van der Waals surface area (Å²) in [6, 6.07) is 6.89. The molecule has 22 heavy (non-hydrogen) atoms. The molecule has 1 aromatic carbocycles. The highest BCUT2D eigenvalue weighted by atomic mass is 16.5. The Morgan fingerprint density at radius 2 is 2.05 bits per heavy atom. The zero-order valence-electron chi connectivity index (χ0n) is 13.3. The number of hydrogen-bond donors (Lipinski definition) is 1. The van der Waals surface area contributed by atoms with Crippen LogP contribution in [-0.4, -0.2) is 41.1 Å². The molecule has 0 bridgehead atoms. The smallest absolute Gasteiger partial charge is 0.121 e. The summed E-state index contributed by atoms with van der Waals surface area (Å²) in [6.45, 7) is 2.40. The number of aromatic nitrogens is 2. The summed E-state index contributed by atoms with van der Waals surface area (Å²) in [7, 11) is 1.71. The summed E-state index contributed by atoms with van der Waals surface area (Å²) in [5.41, 5.74) is 2.14. The van der Waals surface area contributed by atoms with Gasteiger partial charge in [-0.25, -0.2) is 4.98 Å². The van der Waals surface area contributed by atoms with E-state index >= 15 is 0 Å². The average Bonchev–Trinajstić information content (AvgIpc) is 3.21. The Labute approximate surface area is 131 Å². The molecule has 4 rings (SSSR count). The van der Waals surface area contributed by atoms with Crippen LogP contribution in [0.4, 0.5) is 0 Å². The number of aromatic amines is 1. The highest BCUT2D eigenvalue weighted by Crippen LogP contribution is 2.32. The van der Waals surface area contributed by atoms with Gasteiger partial charge in [-0.15, -0.1) is 0 Å². The molecule has 4 nitrogen and oxygen atoms in total. The highest BCUT2D eigenvalue weighted by Gasteiger charge is 2.31. The van der Waals surface area contributed by atoms with Gasteiger partial charge in [0.15, 0.2) is 0 Å². The Kier molecular flexibility index (Phi) is 3.78. The molecular formula is C18H25N3O. The number of methoxy groups -OCH3 is 1. The fourth-order valence-electron chi connectivity index (χ4n) is 4.12. The zero-order chi connectivity index (χ0) is 14.9. The van der Waals surface area contributed by atoms with E-state index in [4.69, 9.17) is 9.72 Å². The van der Waals surface area contributed by atoms with Gasteiger partial charge in [-0.1, -0.05) is 19.3 Å². The molecular weight excluding hydrogens is 274 g/mol. The average molecular weight is 299 g/mol. The minimum atomic E-state index is 0.556. The summed E-state index contributed by atoms with van der Waals surface area (Å²) < 4.78 is 5.30. The Morgan fingerprint density at radius 1 is 1.18 bits per heavy atom. The van der Waals surface area contributed by atoms with Crippen LogP contribution in [0, 0.1) is 0 Å². The van der Waals surface area contributed by atoms with Crippen molar-refractivity contribution in [3.63, 3.8) is 0 Å². The molecule has 1 N–H and O–H groups in total. The fraction of sp³-hybridized carbons (Fsp3) is 0.611. The molecule has 0 amide bonds. The topological polar surface area (TPSA) is 41.1 Å². The van der Waals surface area contributed by atoms with Crippen molar-refractivity contribution in [1.82, 2.24) is 14.9 Å². The van der Waals surface area contributed by atoms with Crippen molar-refractivity contribution in [2.24, 2.45) is 0 Å². The van der Waals surface area contributed by atoms with E-state index in [-0.39, 0.29) is 0 Å². The van der Waals surface area contributed by atoms with Crippen LogP contribution in [0.15, 0.2) is 18.2 Å². The lowest BCUT2D eigenvalue weighted by Gasteiger charge is -2.30. The number of hydrogen-bond acceptors (Lipinski definition) is 3. The first-order valence-electron chi connectivity index (χ1n) is 8.61. The number of H-pyrrole nitrogens is 1. The first-order valence-corrected chi connectivity index (χ1v) is 8.61. The lowest BCUT2D eigenvalue weighted by molar-refractivity contribution is 0.189. The van der Waals surface area contributed by atoms with E-state index in [1.54, 1.807) is 7.11 Å². The lowest BCUT2D eigenvalue weighted by atomic mass is 9.94. The van der Waals surface area contributed by atoms with Crippen LogP contribution < -0.4 is 4.74 Å². The van der Waals surface area contributed by atoms with Crippen molar-refractivity contribution in [2.75, 3.05) is 20.2 Å². The number of rotatable bonds is 3. The molecule has 4 heteroatoms. The van der Waals surface area contributed by atoms with Crippen LogP contribution >= 0.6 is 0 Å². The Morgan fingerprint density at radius 3 is 2.86 bits per heavy atom. The summed E-state index contributed by atoms with van der Waals surface area (Å²) in [4.78, 5) is 11.0. The molecule has 1 atom stereocenters. The van der Waals surface area contributed by atoms with Crippen molar-refractivity contribution in [1.29, 1.82) is 0 Å². The first kappa shape index (κ1) is 14.1. The monoisotopic (exact) mass is 299 g/mol. The van der Waals surface area contributed by atoms with Crippen molar-refractivity contribution < 1.29 is 4.74 Å². The molecule has 1 saturated heterocycles. The third kappa shape index (κ3) is 2.60. The quantitative estimate of drug-likeness (QED) is 0.939. The lowest BCUT2D eigenvalue weighted by Crippen LogP contribution is -2.34. The minimum absolute atomic E-state index is 0.556. The summed E-state index contributed by atoms with van der Waals surface area (Å²) >= 11 is 0. The van der Waals surface area contributed by atoms with Crippen molar-refractivity contribution in [3.8, 4) is 5.75 Å². The van der Waals surface area contributed by atoms with E-state index in [1.165, 1.54) is 51.6 Å². The van der Waals surface area contributed by atoms with E-state index in [1.807, 2.05) is 18.2 Å². The highest BCUT2D eigenvalue weighted by molar-refractivity contribution is 5.76. The second kappa shape index (κ2) is 5.92. The summed E-state index contributed by atoms with van der Waals surface area (Å²) in [6.07, 6.45) is 8.27. The molecule has 2 fully saturated rings. The van der Waals surface area contributed by atoms with E-state index in [2.05, 4.69) is 9.88 Å². The van der Waals surface area contributed by atoms with Crippen LogP contribution in [0.3, 0.4) is 0 Å². The fourth-order valence-corrected chi connectivity index (χ4v) is 4.12. The second-order valence-corrected chi connectivity index (χ2v) is 6.78. The van der Waals surface area contributed by atoms with Crippen LogP contribution in [0.2, 0.25) is 0 Å². The number of benzene rings is 1. The van der Waals surface area contributed by atoms with Crippen molar-refractivity contribution in [3.05, 3.63) is 24.0 Å². The third-order valence-corrected chi connectivity index (χ3v) is 5.40. The van der Waals surface area contributed by atoms with E-state index in [9.17, 15) is 0 Å². The Bertz CT molecular complexity index is 645. The SMILES string of the molecule is COc1ccc2nc(C3CCN(C4CCCCC4)C3)[nH]c2c1. The van der Waals surface area contributed by atoms with Gasteiger partial charge in [-0.3, -0.25) is 4.90 Å². The van der Waals surface area contributed by atoms with Gasteiger partial charge in [0.05, 0.1) is 18.1 Å². The van der Waals surface area contributed by atoms with Gasteiger partial charge in [0, 0.05) is 24.6 Å². The zero-order valence-corrected chi connectivity index (χ0v) is 13.3. The molecule has 2 aliphatic rings. The van der Waals surface area contributed by atoms with Gasteiger partial charge < -0.3 is 9.72 Å². The van der Waals surface area contributed by atoms with E-state index in [0.717, 1.165) is 28.6 Å². The largest absolute Gasteiger partial charge is 0.497 e. The van der Waals surface area contributed by atoms with Crippen LogP contribution in [-0.2, 0) is 0 Å². The number of ether oxygens (including phenoxy) is 1. The molecule has 1 unspecified atom stereocenters. The number of imidazole rings is 1. The van der Waals surface area contributed by atoms with Crippen molar-refractivity contribution in [2.45, 2.75) is 50.5 Å². The maximum atomic E-state index is 5.30. The number of likely N-dealkylation sites (tertiary alicyclic amines) is 1. The molecule has 2 heterocycles. The first-order chi connectivity index (χ1) is 10.8. The number of nitrogens with zero attached hydrogens (tertiary/aromatic N) is 2.